The molecule has 0 bridgehead atoms. The quantitative estimate of drug-likeness (QED) is 0.641. The van der Waals surface area contributed by atoms with Crippen LogP contribution < -0.4 is 16.4 Å². The van der Waals surface area contributed by atoms with E-state index in [-0.39, 0.29) is 12.3 Å². The van der Waals surface area contributed by atoms with Crippen LogP contribution in [0.15, 0.2) is 54.6 Å². The van der Waals surface area contributed by atoms with E-state index >= 15 is 0 Å². The first kappa shape index (κ1) is 20.5. The molecular weight excluding hydrogens is 366 g/mol. The molecular formula is C20H22ClN3O3. The number of halogens is 1. The summed E-state index contributed by atoms with van der Waals surface area (Å²) in [5.74, 6) is -1.47. The van der Waals surface area contributed by atoms with Crippen molar-refractivity contribution in [3.63, 3.8) is 0 Å². The van der Waals surface area contributed by atoms with Crippen LogP contribution in [0.5, 0.6) is 0 Å². The van der Waals surface area contributed by atoms with Gasteiger partial charge in [0.15, 0.2) is 0 Å². The lowest BCUT2D eigenvalue weighted by Gasteiger charge is -2.22. The van der Waals surface area contributed by atoms with Crippen molar-refractivity contribution in [2.24, 2.45) is 5.73 Å². The van der Waals surface area contributed by atoms with Crippen molar-refractivity contribution in [3.8, 4) is 0 Å². The van der Waals surface area contributed by atoms with Crippen molar-refractivity contribution in [2.75, 3.05) is 0 Å². The number of nitrogens with one attached hydrogen (secondary N) is 2. The topological polar surface area (TPSA) is 101 Å². The predicted octanol–water partition coefficient (Wildman–Crippen LogP) is 1.60. The lowest BCUT2D eigenvalue weighted by atomic mass is 10.0. The van der Waals surface area contributed by atoms with E-state index < -0.39 is 23.9 Å². The standard InChI is InChI=1S/C20H22ClN3O3/c1-13(25)23-18(11-14-6-3-2-4-7-14)20(27)24-17(19(22)26)12-15-8-5-9-16(21)10-15/h2-10,17-18H,11-12H2,1H3,(H2,22,26)(H,23,25)(H,24,27)/t17-,18+/m0/s1. The highest BCUT2D eigenvalue weighted by Gasteiger charge is 2.25. The Morgan fingerprint density at radius 2 is 1.56 bits per heavy atom. The summed E-state index contributed by atoms with van der Waals surface area (Å²) in [7, 11) is 0. The van der Waals surface area contributed by atoms with Crippen LogP contribution in [0.4, 0.5) is 0 Å². The third kappa shape index (κ3) is 6.75. The van der Waals surface area contributed by atoms with Crippen LogP contribution in [0.2, 0.25) is 5.02 Å². The molecule has 0 aliphatic heterocycles. The summed E-state index contributed by atoms with van der Waals surface area (Å²) >= 11 is 5.96. The fourth-order valence-corrected chi connectivity index (χ4v) is 2.91. The van der Waals surface area contributed by atoms with E-state index in [1.165, 1.54) is 6.92 Å². The van der Waals surface area contributed by atoms with Gasteiger partial charge >= 0.3 is 0 Å². The molecule has 0 radical (unpaired) electrons. The molecule has 0 unspecified atom stereocenters. The Bertz CT molecular complexity index is 811. The minimum Gasteiger partial charge on any atom is -0.368 e. The second-order valence-corrected chi connectivity index (χ2v) is 6.68. The zero-order valence-electron chi connectivity index (χ0n) is 14.9. The summed E-state index contributed by atoms with van der Waals surface area (Å²) in [6.45, 7) is 1.34. The van der Waals surface area contributed by atoms with Gasteiger partial charge in [0, 0.05) is 24.8 Å². The van der Waals surface area contributed by atoms with Crippen molar-refractivity contribution in [1.29, 1.82) is 0 Å². The van der Waals surface area contributed by atoms with Crippen molar-refractivity contribution < 1.29 is 14.4 Å². The summed E-state index contributed by atoms with van der Waals surface area (Å²) in [6, 6.07) is 14.5. The number of rotatable bonds is 8. The fraction of sp³-hybridized carbons (Fsp3) is 0.250. The van der Waals surface area contributed by atoms with E-state index in [4.69, 9.17) is 17.3 Å². The maximum atomic E-state index is 12.7. The minimum atomic E-state index is -0.914. The van der Waals surface area contributed by atoms with Crippen LogP contribution >= 0.6 is 11.6 Å². The van der Waals surface area contributed by atoms with Crippen LogP contribution in [0.25, 0.3) is 0 Å². The summed E-state index contributed by atoms with van der Waals surface area (Å²) in [6.07, 6.45) is 0.509. The van der Waals surface area contributed by atoms with E-state index in [0.29, 0.717) is 11.4 Å². The summed E-state index contributed by atoms with van der Waals surface area (Å²) in [5.41, 5.74) is 7.11. The van der Waals surface area contributed by atoms with Gasteiger partial charge in [0.2, 0.25) is 17.7 Å². The predicted molar refractivity (Wildman–Crippen MR) is 104 cm³/mol. The van der Waals surface area contributed by atoms with E-state index in [0.717, 1.165) is 11.1 Å². The SMILES string of the molecule is CC(=O)N[C@H](Cc1ccccc1)C(=O)N[C@@H](Cc1cccc(Cl)c1)C(N)=O. The molecule has 2 rings (SSSR count). The molecule has 2 aromatic rings. The van der Waals surface area contributed by atoms with Crippen LogP contribution in [0.1, 0.15) is 18.1 Å². The van der Waals surface area contributed by atoms with Gasteiger partial charge in [-0.15, -0.1) is 0 Å². The van der Waals surface area contributed by atoms with Gasteiger partial charge in [-0.3, -0.25) is 14.4 Å². The second-order valence-electron chi connectivity index (χ2n) is 6.24. The van der Waals surface area contributed by atoms with Crippen molar-refractivity contribution >= 4 is 29.3 Å². The zero-order chi connectivity index (χ0) is 19.8. The highest BCUT2D eigenvalue weighted by atomic mass is 35.5. The Balaban J connectivity index is 2.11. The number of hydrogen-bond acceptors (Lipinski definition) is 3. The first-order valence-corrected chi connectivity index (χ1v) is 8.88. The lowest BCUT2D eigenvalue weighted by Crippen LogP contribution is -2.54. The molecule has 0 spiro atoms. The largest absolute Gasteiger partial charge is 0.368 e. The average Bonchev–Trinajstić information content (AvgIpc) is 2.61. The van der Waals surface area contributed by atoms with E-state index in [9.17, 15) is 14.4 Å². The van der Waals surface area contributed by atoms with Crippen molar-refractivity contribution in [1.82, 2.24) is 10.6 Å². The van der Waals surface area contributed by atoms with Gasteiger partial charge in [0.05, 0.1) is 0 Å². The van der Waals surface area contributed by atoms with Crippen molar-refractivity contribution in [2.45, 2.75) is 31.8 Å². The third-order valence-electron chi connectivity index (χ3n) is 3.97. The smallest absolute Gasteiger partial charge is 0.243 e. The van der Waals surface area contributed by atoms with Gasteiger partial charge < -0.3 is 16.4 Å². The van der Waals surface area contributed by atoms with Gasteiger partial charge in [0.1, 0.15) is 12.1 Å². The van der Waals surface area contributed by atoms with Gasteiger partial charge in [-0.2, -0.15) is 0 Å². The molecule has 0 saturated carbocycles. The molecule has 3 amide bonds. The molecule has 0 heterocycles. The molecule has 0 fully saturated rings. The number of hydrogen-bond donors (Lipinski definition) is 3. The van der Waals surface area contributed by atoms with Crippen LogP contribution in [-0.4, -0.2) is 29.8 Å². The number of carbonyl (C=O) groups is 3. The minimum absolute atomic E-state index is 0.208. The zero-order valence-corrected chi connectivity index (χ0v) is 15.7. The van der Waals surface area contributed by atoms with Gasteiger partial charge in [-0.1, -0.05) is 54.1 Å². The molecule has 0 aromatic heterocycles. The Morgan fingerprint density at radius 3 is 2.15 bits per heavy atom. The molecule has 0 aliphatic carbocycles. The molecule has 27 heavy (non-hydrogen) atoms. The number of nitrogens with two attached hydrogens (primary N) is 1. The highest BCUT2D eigenvalue weighted by Crippen LogP contribution is 2.12. The fourth-order valence-electron chi connectivity index (χ4n) is 2.70. The number of carbonyl (C=O) groups excluding carboxylic acids is 3. The summed E-state index contributed by atoms with van der Waals surface area (Å²) < 4.78 is 0. The van der Waals surface area contributed by atoms with Gasteiger partial charge in [0.25, 0.3) is 0 Å². The molecule has 7 heteroatoms. The van der Waals surface area contributed by atoms with Gasteiger partial charge in [-0.05, 0) is 23.3 Å². The summed E-state index contributed by atoms with van der Waals surface area (Å²) in [4.78, 5) is 36.0. The van der Waals surface area contributed by atoms with E-state index in [1.807, 2.05) is 30.3 Å². The Kier molecular flexibility index (Phi) is 7.37. The Hall–Kier alpha value is -2.86. The average molecular weight is 388 g/mol. The maximum absolute atomic E-state index is 12.7. The van der Waals surface area contributed by atoms with Crippen LogP contribution in [0.3, 0.4) is 0 Å². The molecule has 4 N–H and O–H groups in total. The van der Waals surface area contributed by atoms with Crippen molar-refractivity contribution in [3.05, 3.63) is 70.7 Å². The lowest BCUT2D eigenvalue weighted by molar-refractivity contribution is -0.130. The number of amides is 3. The Labute approximate surface area is 163 Å². The highest BCUT2D eigenvalue weighted by molar-refractivity contribution is 6.30. The number of primary amides is 1. The molecule has 0 saturated heterocycles. The second kappa shape index (κ2) is 9.73. The van der Waals surface area contributed by atoms with Gasteiger partial charge in [-0.25, -0.2) is 0 Å². The normalized spacial score (nSPS) is 12.7. The van der Waals surface area contributed by atoms with Crippen LogP contribution in [-0.2, 0) is 27.2 Å². The van der Waals surface area contributed by atoms with E-state index in [1.54, 1.807) is 24.3 Å². The van der Waals surface area contributed by atoms with Crippen LogP contribution in [0, 0.1) is 0 Å². The molecule has 2 atom stereocenters. The molecule has 0 aliphatic rings. The molecule has 142 valence electrons. The first-order valence-electron chi connectivity index (χ1n) is 8.50. The summed E-state index contributed by atoms with van der Waals surface area (Å²) in [5, 5.41) is 5.79. The van der Waals surface area contributed by atoms with E-state index in [2.05, 4.69) is 10.6 Å². The molecule has 6 nitrogen and oxygen atoms in total. The monoisotopic (exact) mass is 387 g/mol. The Morgan fingerprint density at radius 1 is 0.926 bits per heavy atom. The first-order chi connectivity index (χ1) is 12.8. The molecule has 2 aromatic carbocycles. The maximum Gasteiger partial charge on any atom is 0.243 e. The third-order valence-corrected chi connectivity index (χ3v) is 4.20. The number of benzene rings is 2.